The van der Waals surface area contributed by atoms with Gasteiger partial charge in [0.2, 0.25) is 0 Å². The van der Waals surface area contributed by atoms with Gasteiger partial charge in [0.25, 0.3) is 0 Å². The number of benzene rings is 1. The van der Waals surface area contributed by atoms with Crippen molar-refractivity contribution in [1.82, 2.24) is 5.32 Å². The Kier molecular flexibility index (Phi) is 4.57. The predicted molar refractivity (Wildman–Crippen MR) is 70.2 cm³/mol. The molecule has 0 aliphatic carbocycles. The van der Waals surface area contributed by atoms with Gasteiger partial charge in [0, 0.05) is 19.0 Å². The minimum Gasteiger partial charge on any atom is -0.489 e. The Labute approximate surface area is 117 Å². The van der Waals surface area contributed by atoms with Gasteiger partial charge in [-0.1, -0.05) is 6.07 Å². The number of nitrogens with one attached hydrogen (secondary N) is 1. The Hall–Kier alpha value is -2.08. The molecule has 1 aliphatic heterocycles. The summed E-state index contributed by atoms with van der Waals surface area (Å²) in [7, 11) is 1.35. The standard InChI is InChI=1S/C14H17NO5/c1-9(16)20-13-8-19-12-4-3-10(5-11(12)13)6-15-7-14(17)18-2/h3-5,13,15H,6-8H2,1-2H3. The summed E-state index contributed by atoms with van der Waals surface area (Å²) >= 11 is 0. The number of ether oxygens (including phenoxy) is 3. The van der Waals surface area contributed by atoms with Gasteiger partial charge in [0.15, 0.2) is 6.10 Å². The third-order valence-corrected chi connectivity index (χ3v) is 2.95. The van der Waals surface area contributed by atoms with Gasteiger partial charge >= 0.3 is 11.9 Å². The molecular weight excluding hydrogens is 262 g/mol. The molecule has 1 N–H and O–H groups in total. The van der Waals surface area contributed by atoms with Crippen molar-refractivity contribution in [2.75, 3.05) is 20.3 Å². The first kappa shape index (κ1) is 14.3. The summed E-state index contributed by atoms with van der Waals surface area (Å²) in [6.45, 7) is 2.39. The number of hydrogen-bond acceptors (Lipinski definition) is 6. The van der Waals surface area contributed by atoms with Crippen LogP contribution in [-0.4, -0.2) is 32.2 Å². The lowest BCUT2D eigenvalue weighted by atomic mass is 10.1. The Morgan fingerprint density at radius 3 is 2.95 bits per heavy atom. The van der Waals surface area contributed by atoms with Crippen LogP contribution < -0.4 is 10.1 Å². The number of hydrogen-bond donors (Lipinski definition) is 1. The van der Waals surface area contributed by atoms with E-state index >= 15 is 0 Å². The molecule has 1 atom stereocenters. The number of carbonyl (C=O) groups excluding carboxylic acids is 2. The summed E-state index contributed by atoms with van der Waals surface area (Å²) in [4.78, 5) is 22.0. The van der Waals surface area contributed by atoms with E-state index in [9.17, 15) is 9.59 Å². The molecule has 6 heteroatoms. The molecule has 20 heavy (non-hydrogen) atoms. The molecule has 0 fully saturated rings. The Balaban J connectivity index is 1.99. The van der Waals surface area contributed by atoms with E-state index < -0.39 is 0 Å². The summed E-state index contributed by atoms with van der Waals surface area (Å²) in [6.07, 6.45) is -0.358. The fourth-order valence-electron chi connectivity index (χ4n) is 2.03. The van der Waals surface area contributed by atoms with Crippen molar-refractivity contribution in [3.63, 3.8) is 0 Å². The van der Waals surface area contributed by atoms with Gasteiger partial charge in [-0.3, -0.25) is 9.59 Å². The largest absolute Gasteiger partial charge is 0.489 e. The lowest BCUT2D eigenvalue weighted by molar-refractivity contribution is -0.147. The van der Waals surface area contributed by atoms with E-state index in [0.717, 1.165) is 16.9 Å². The van der Waals surface area contributed by atoms with E-state index in [-0.39, 0.29) is 24.6 Å². The predicted octanol–water partition coefficient (Wildman–Crippen LogP) is 0.946. The van der Waals surface area contributed by atoms with Gasteiger partial charge < -0.3 is 19.5 Å². The zero-order valence-corrected chi connectivity index (χ0v) is 11.5. The SMILES string of the molecule is COC(=O)CNCc1ccc2c(c1)C(OC(C)=O)CO2. The number of carbonyl (C=O) groups is 2. The Morgan fingerprint density at radius 2 is 2.25 bits per heavy atom. The first-order valence-corrected chi connectivity index (χ1v) is 6.30. The number of methoxy groups -OCH3 is 1. The second kappa shape index (κ2) is 6.38. The molecule has 2 rings (SSSR count). The van der Waals surface area contributed by atoms with E-state index in [1.54, 1.807) is 0 Å². The first-order chi connectivity index (χ1) is 9.60. The van der Waals surface area contributed by atoms with Crippen LogP contribution in [0.3, 0.4) is 0 Å². The lowest BCUT2D eigenvalue weighted by Crippen LogP contribution is -2.23. The van der Waals surface area contributed by atoms with Crippen molar-refractivity contribution in [2.45, 2.75) is 19.6 Å². The zero-order valence-electron chi connectivity index (χ0n) is 11.5. The van der Waals surface area contributed by atoms with Gasteiger partial charge in [-0.2, -0.15) is 0 Å². The molecular formula is C14H17NO5. The topological polar surface area (TPSA) is 73.9 Å². The maximum absolute atomic E-state index is 11.0. The van der Waals surface area contributed by atoms with Gasteiger partial charge in [0.05, 0.1) is 13.7 Å². The summed E-state index contributed by atoms with van der Waals surface area (Å²) in [5, 5.41) is 2.98. The maximum Gasteiger partial charge on any atom is 0.319 e. The molecule has 1 aromatic carbocycles. The zero-order chi connectivity index (χ0) is 14.5. The van der Waals surface area contributed by atoms with Crippen molar-refractivity contribution in [3.8, 4) is 5.75 Å². The average molecular weight is 279 g/mol. The van der Waals surface area contributed by atoms with E-state index in [2.05, 4.69) is 10.1 Å². The highest BCUT2D eigenvalue weighted by molar-refractivity contribution is 5.71. The van der Waals surface area contributed by atoms with Crippen molar-refractivity contribution in [3.05, 3.63) is 29.3 Å². The summed E-state index contributed by atoms with van der Waals surface area (Å²) in [5.74, 6) is 0.0842. The molecule has 0 radical (unpaired) electrons. The maximum atomic E-state index is 11.0. The molecule has 0 saturated carbocycles. The second-order valence-corrected chi connectivity index (χ2v) is 4.46. The Bertz CT molecular complexity index is 514. The molecule has 0 aromatic heterocycles. The monoisotopic (exact) mass is 279 g/mol. The molecule has 0 bridgehead atoms. The highest BCUT2D eigenvalue weighted by atomic mass is 16.6. The van der Waals surface area contributed by atoms with Gasteiger partial charge in [-0.05, 0) is 17.7 Å². The van der Waals surface area contributed by atoms with Gasteiger partial charge in [-0.15, -0.1) is 0 Å². The molecule has 6 nitrogen and oxygen atoms in total. The minimum atomic E-state index is -0.358. The molecule has 108 valence electrons. The average Bonchev–Trinajstić information content (AvgIpc) is 2.80. The number of fused-ring (bicyclic) bond motifs is 1. The van der Waals surface area contributed by atoms with E-state index in [1.165, 1.54) is 14.0 Å². The fraction of sp³-hybridized carbons (Fsp3) is 0.429. The fourth-order valence-corrected chi connectivity index (χ4v) is 2.03. The van der Waals surface area contributed by atoms with E-state index in [4.69, 9.17) is 9.47 Å². The quantitative estimate of drug-likeness (QED) is 0.809. The molecule has 0 spiro atoms. The van der Waals surface area contributed by atoms with Crippen LogP contribution in [0.1, 0.15) is 24.2 Å². The van der Waals surface area contributed by atoms with Crippen LogP contribution in [0.2, 0.25) is 0 Å². The summed E-state index contributed by atoms with van der Waals surface area (Å²) < 4.78 is 15.2. The summed E-state index contributed by atoms with van der Waals surface area (Å²) in [5.41, 5.74) is 1.84. The van der Waals surface area contributed by atoms with Crippen molar-refractivity contribution in [2.24, 2.45) is 0 Å². The third-order valence-electron chi connectivity index (χ3n) is 2.95. The van der Waals surface area contributed by atoms with Crippen LogP contribution in [0.25, 0.3) is 0 Å². The van der Waals surface area contributed by atoms with Crippen LogP contribution in [0, 0.1) is 0 Å². The second-order valence-electron chi connectivity index (χ2n) is 4.46. The summed E-state index contributed by atoms with van der Waals surface area (Å²) in [6, 6.07) is 5.66. The number of rotatable bonds is 5. The minimum absolute atomic E-state index is 0.150. The van der Waals surface area contributed by atoms with Crippen molar-refractivity contribution < 1.29 is 23.8 Å². The third kappa shape index (κ3) is 3.48. The van der Waals surface area contributed by atoms with Crippen LogP contribution in [0.5, 0.6) is 5.75 Å². The highest BCUT2D eigenvalue weighted by Crippen LogP contribution is 2.35. The first-order valence-electron chi connectivity index (χ1n) is 6.30. The van der Waals surface area contributed by atoms with Crippen molar-refractivity contribution >= 4 is 11.9 Å². The molecule has 1 unspecified atom stereocenters. The van der Waals surface area contributed by atoms with Crippen LogP contribution in [-0.2, 0) is 25.6 Å². The van der Waals surface area contributed by atoms with Crippen LogP contribution >= 0.6 is 0 Å². The molecule has 1 aromatic rings. The normalized spacial score (nSPS) is 16.2. The van der Waals surface area contributed by atoms with E-state index in [1.807, 2.05) is 18.2 Å². The molecule has 1 aliphatic rings. The smallest absolute Gasteiger partial charge is 0.319 e. The van der Waals surface area contributed by atoms with Crippen LogP contribution in [0.15, 0.2) is 18.2 Å². The lowest BCUT2D eigenvalue weighted by Gasteiger charge is -2.10. The highest BCUT2D eigenvalue weighted by Gasteiger charge is 2.26. The van der Waals surface area contributed by atoms with Gasteiger partial charge in [-0.25, -0.2) is 0 Å². The van der Waals surface area contributed by atoms with Crippen LogP contribution in [0.4, 0.5) is 0 Å². The Morgan fingerprint density at radius 1 is 1.45 bits per heavy atom. The van der Waals surface area contributed by atoms with Crippen molar-refractivity contribution in [1.29, 1.82) is 0 Å². The molecule has 0 amide bonds. The van der Waals surface area contributed by atoms with E-state index in [0.29, 0.717) is 13.2 Å². The van der Waals surface area contributed by atoms with Gasteiger partial charge in [0.1, 0.15) is 12.4 Å². The molecule has 1 heterocycles. The number of esters is 2. The molecule has 0 saturated heterocycles.